The highest BCUT2D eigenvalue weighted by atomic mass is 14.6. The minimum atomic E-state index is 0.361. The van der Waals surface area contributed by atoms with Crippen LogP contribution in [-0.2, 0) is 12.8 Å². The summed E-state index contributed by atoms with van der Waals surface area (Å²) in [6, 6.07) is 8.99. The van der Waals surface area contributed by atoms with Gasteiger partial charge in [-0.15, -0.1) is 0 Å². The van der Waals surface area contributed by atoms with Crippen molar-refractivity contribution in [1.29, 1.82) is 0 Å². The molecule has 0 fully saturated rings. The van der Waals surface area contributed by atoms with E-state index in [4.69, 9.17) is 5.73 Å². The summed E-state index contributed by atoms with van der Waals surface area (Å²) in [6.07, 6.45) is 2.20. The Kier molecular flexibility index (Phi) is 4.15. The van der Waals surface area contributed by atoms with Gasteiger partial charge in [-0.2, -0.15) is 0 Å². The average Bonchev–Trinajstić information content (AvgIpc) is 2.23. The molecule has 0 saturated carbocycles. The Morgan fingerprint density at radius 1 is 1.07 bits per heavy atom. The van der Waals surface area contributed by atoms with Gasteiger partial charge >= 0.3 is 0 Å². The van der Waals surface area contributed by atoms with E-state index in [9.17, 15) is 0 Å². The van der Waals surface area contributed by atoms with Crippen molar-refractivity contribution in [2.45, 2.75) is 39.7 Å². The second-order valence-corrected chi connectivity index (χ2v) is 3.82. The molecule has 78 valence electrons. The predicted octanol–water partition coefficient (Wildman–Crippen LogP) is 2.77. The molecular weight excluding hydrogens is 170 g/mol. The van der Waals surface area contributed by atoms with Gasteiger partial charge in [0, 0.05) is 6.04 Å². The van der Waals surface area contributed by atoms with Crippen LogP contribution in [0.15, 0.2) is 24.3 Å². The second-order valence-electron chi connectivity index (χ2n) is 3.82. The first-order valence-corrected chi connectivity index (χ1v) is 5.59. The van der Waals surface area contributed by atoms with Crippen LogP contribution in [0.3, 0.4) is 0 Å². The van der Waals surface area contributed by atoms with Crippen LogP contribution in [0.2, 0.25) is 0 Å². The predicted molar refractivity (Wildman–Crippen MR) is 62.3 cm³/mol. The van der Waals surface area contributed by atoms with Gasteiger partial charge in [0.15, 0.2) is 0 Å². The summed E-state index contributed by atoms with van der Waals surface area (Å²) < 4.78 is 0. The fourth-order valence-corrected chi connectivity index (χ4v) is 1.91. The zero-order valence-corrected chi connectivity index (χ0v) is 9.46. The third-order valence-corrected chi connectivity index (χ3v) is 2.85. The molecule has 0 spiro atoms. The van der Waals surface area contributed by atoms with Crippen molar-refractivity contribution >= 4 is 0 Å². The summed E-state index contributed by atoms with van der Waals surface area (Å²) >= 11 is 0. The van der Waals surface area contributed by atoms with Crippen molar-refractivity contribution in [1.82, 2.24) is 0 Å². The van der Waals surface area contributed by atoms with Gasteiger partial charge < -0.3 is 5.73 Å². The van der Waals surface area contributed by atoms with Crippen LogP contribution in [0.4, 0.5) is 0 Å². The Labute approximate surface area is 87.3 Å². The number of hydrogen-bond acceptors (Lipinski definition) is 1. The molecule has 0 saturated heterocycles. The maximum Gasteiger partial charge on any atom is 0.0108 e. The van der Waals surface area contributed by atoms with E-state index >= 15 is 0 Å². The average molecular weight is 191 g/mol. The third-order valence-electron chi connectivity index (χ3n) is 2.85. The van der Waals surface area contributed by atoms with Crippen LogP contribution in [0.1, 0.15) is 31.9 Å². The molecule has 1 aromatic rings. The molecule has 2 N–H and O–H groups in total. The van der Waals surface area contributed by atoms with E-state index in [0.29, 0.717) is 12.0 Å². The molecule has 0 heterocycles. The fourth-order valence-electron chi connectivity index (χ4n) is 1.91. The molecule has 2 atom stereocenters. The van der Waals surface area contributed by atoms with E-state index < -0.39 is 0 Å². The molecule has 0 radical (unpaired) electrons. The first kappa shape index (κ1) is 11.3. The van der Waals surface area contributed by atoms with Crippen LogP contribution in [-0.4, -0.2) is 6.04 Å². The lowest BCUT2D eigenvalue weighted by molar-refractivity contribution is 0.426. The summed E-state index contributed by atoms with van der Waals surface area (Å²) in [5.74, 6) is 0.639. The Bertz CT molecular complexity index is 251. The lowest BCUT2D eigenvalue weighted by atomic mass is 9.82. The number of hydrogen-bond donors (Lipinski definition) is 1. The van der Waals surface area contributed by atoms with Crippen LogP contribution < -0.4 is 5.73 Å². The highest BCUT2D eigenvalue weighted by Crippen LogP contribution is 2.23. The topological polar surface area (TPSA) is 26.0 Å². The Balaban J connectivity index is 0.000000461. The molecule has 2 unspecified atom stereocenters. The molecule has 0 aliphatic heterocycles. The molecule has 14 heavy (non-hydrogen) atoms. The minimum Gasteiger partial charge on any atom is -0.327 e. The summed E-state index contributed by atoms with van der Waals surface area (Å²) in [5, 5.41) is 0. The van der Waals surface area contributed by atoms with Crippen LogP contribution in [0.25, 0.3) is 0 Å². The molecule has 0 aromatic heterocycles. The minimum absolute atomic E-state index is 0.361. The molecule has 1 aromatic carbocycles. The SMILES string of the molecule is CC.CC1Cc2ccccc2CC1N. The number of nitrogens with two attached hydrogens (primary N) is 1. The molecule has 1 nitrogen and oxygen atoms in total. The van der Waals surface area contributed by atoms with Crippen LogP contribution in [0, 0.1) is 5.92 Å². The Hall–Kier alpha value is -0.820. The second kappa shape index (κ2) is 5.16. The van der Waals surface area contributed by atoms with E-state index in [1.807, 2.05) is 13.8 Å². The largest absolute Gasteiger partial charge is 0.327 e. The van der Waals surface area contributed by atoms with Gasteiger partial charge in [0.25, 0.3) is 0 Å². The summed E-state index contributed by atoms with van der Waals surface area (Å²) in [6.45, 7) is 6.24. The monoisotopic (exact) mass is 191 g/mol. The number of fused-ring (bicyclic) bond motifs is 1. The molecule has 0 bridgehead atoms. The molecule has 2 rings (SSSR count). The molecule has 1 heteroatoms. The maximum absolute atomic E-state index is 5.99. The quantitative estimate of drug-likeness (QED) is 0.670. The summed E-state index contributed by atoms with van der Waals surface area (Å²) in [7, 11) is 0. The normalized spacial score (nSPS) is 24.6. The highest BCUT2D eigenvalue weighted by Gasteiger charge is 2.21. The van der Waals surface area contributed by atoms with Gasteiger partial charge in [-0.3, -0.25) is 0 Å². The molecule has 1 aliphatic rings. The van der Waals surface area contributed by atoms with Gasteiger partial charge in [-0.25, -0.2) is 0 Å². The van der Waals surface area contributed by atoms with Gasteiger partial charge in [-0.05, 0) is 29.9 Å². The van der Waals surface area contributed by atoms with E-state index in [0.717, 1.165) is 12.8 Å². The Morgan fingerprint density at radius 2 is 1.57 bits per heavy atom. The summed E-state index contributed by atoms with van der Waals surface area (Å²) in [5.41, 5.74) is 8.93. The summed E-state index contributed by atoms with van der Waals surface area (Å²) in [4.78, 5) is 0. The van der Waals surface area contributed by atoms with Crippen molar-refractivity contribution in [3.8, 4) is 0 Å². The van der Waals surface area contributed by atoms with Gasteiger partial charge in [0.2, 0.25) is 0 Å². The van der Waals surface area contributed by atoms with Gasteiger partial charge in [0.05, 0.1) is 0 Å². The van der Waals surface area contributed by atoms with Gasteiger partial charge in [0.1, 0.15) is 0 Å². The van der Waals surface area contributed by atoms with Crippen LogP contribution >= 0.6 is 0 Å². The zero-order valence-electron chi connectivity index (χ0n) is 9.46. The first-order valence-electron chi connectivity index (χ1n) is 5.59. The van der Waals surface area contributed by atoms with Crippen molar-refractivity contribution in [2.24, 2.45) is 11.7 Å². The smallest absolute Gasteiger partial charge is 0.0108 e. The van der Waals surface area contributed by atoms with E-state index in [-0.39, 0.29) is 0 Å². The standard InChI is InChI=1S/C11H15N.C2H6/c1-8-6-9-4-2-3-5-10(9)7-11(8)12;1-2/h2-5,8,11H,6-7,12H2,1H3;1-2H3. The van der Waals surface area contributed by atoms with E-state index in [1.165, 1.54) is 11.1 Å². The van der Waals surface area contributed by atoms with Crippen molar-refractivity contribution < 1.29 is 0 Å². The lowest BCUT2D eigenvalue weighted by Crippen LogP contribution is -2.35. The number of rotatable bonds is 0. The third kappa shape index (κ3) is 2.36. The fraction of sp³-hybridized carbons (Fsp3) is 0.538. The van der Waals surface area contributed by atoms with Crippen molar-refractivity contribution in [3.05, 3.63) is 35.4 Å². The molecule has 1 aliphatic carbocycles. The highest BCUT2D eigenvalue weighted by molar-refractivity contribution is 5.30. The van der Waals surface area contributed by atoms with E-state index in [2.05, 4.69) is 31.2 Å². The Morgan fingerprint density at radius 3 is 2.14 bits per heavy atom. The number of benzene rings is 1. The molecular formula is C13H21N. The van der Waals surface area contributed by atoms with Crippen LogP contribution in [0.5, 0.6) is 0 Å². The zero-order chi connectivity index (χ0) is 10.6. The maximum atomic E-state index is 5.99. The van der Waals surface area contributed by atoms with Gasteiger partial charge in [-0.1, -0.05) is 45.0 Å². The van der Waals surface area contributed by atoms with Crippen molar-refractivity contribution in [3.63, 3.8) is 0 Å². The van der Waals surface area contributed by atoms with E-state index in [1.54, 1.807) is 0 Å². The lowest BCUT2D eigenvalue weighted by Gasteiger charge is -2.27. The van der Waals surface area contributed by atoms with Crippen molar-refractivity contribution in [2.75, 3.05) is 0 Å². The first-order chi connectivity index (χ1) is 6.77. The molecule has 0 amide bonds.